The fourth-order valence-corrected chi connectivity index (χ4v) is 3.53. The molecule has 3 rings (SSSR count). The Balaban J connectivity index is 1.63. The van der Waals surface area contributed by atoms with Gasteiger partial charge in [-0.2, -0.15) is 0 Å². The third-order valence-electron chi connectivity index (χ3n) is 3.79. The van der Waals surface area contributed by atoms with Crippen molar-refractivity contribution in [1.82, 2.24) is 4.98 Å². The van der Waals surface area contributed by atoms with E-state index in [1.807, 2.05) is 41.3 Å². The van der Waals surface area contributed by atoms with E-state index in [1.54, 1.807) is 18.0 Å². The second-order valence-corrected chi connectivity index (χ2v) is 6.29. The van der Waals surface area contributed by atoms with Crippen molar-refractivity contribution < 1.29 is 4.79 Å². The number of nitrogen functional groups attached to an aromatic ring is 1. The molecule has 2 aromatic rings. The quantitative estimate of drug-likeness (QED) is 0.882. The first-order valence-corrected chi connectivity index (χ1v) is 8.56. The van der Waals surface area contributed by atoms with E-state index in [9.17, 15) is 4.79 Å². The Bertz CT molecular complexity index is 660. The lowest BCUT2D eigenvalue weighted by Gasteiger charge is -2.30. The molecule has 0 spiro atoms. The molecular formula is C17H19N3OS. The minimum absolute atomic E-state index is 0.146. The summed E-state index contributed by atoms with van der Waals surface area (Å²) in [4.78, 5) is 18.7. The van der Waals surface area contributed by atoms with E-state index in [0.29, 0.717) is 5.75 Å². The number of fused-ring (bicyclic) bond motifs is 1. The van der Waals surface area contributed by atoms with Crippen molar-refractivity contribution in [2.24, 2.45) is 0 Å². The Hall–Kier alpha value is -2.01. The Morgan fingerprint density at radius 2 is 2.18 bits per heavy atom. The molecule has 5 heteroatoms. The van der Waals surface area contributed by atoms with Crippen molar-refractivity contribution in [2.45, 2.75) is 18.6 Å². The van der Waals surface area contributed by atoms with E-state index in [4.69, 9.17) is 5.73 Å². The van der Waals surface area contributed by atoms with Gasteiger partial charge in [-0.25, -0.2) is 0 Å². The van der Waals surface area contributed by atoms with Crippen LogP contribution in [0.3, 0.4) is 0 Å². The number of carbonyl (C=O) groups is 1. The minimum atomic E-state index is 0.146. The second-order valence-electron chi connectivity index (χ2n) is 5.31. The van der Waals surface area contributed by atoms with Crippen LogP contribution in [0.4, 0.5) is 11.4 Å². The average Bonchev–Trinajstić information content (AvgIpc) is 2.56. The second kappa shape index (κ2) is 6.83. The number of hydrogen-bond acceptors (Lipinski definition) is 4. The first-order chi connectivity index (χ1) is 10.8. The zero-order chi connectivity index (χ0) is 15.4. The van der Waals surface area contributed by atoms with Gasteiger partial charge in [0, 0.05) is 29.9 Å². The molecule has 0 aliphatic carbocycles. The number of anilines is 2. The van der Waals surface area contributed by atoms with Gasteiger partial charge in [0.1, 0.15) is 0 Å². The van der Waals surface area contributed by atoms with Crippen LogP contribution in [0.25, 0.3) is 0 Å². The third kappa shape index (κ3) is 3.25. The van der Waals surface area contributed by atoms with E-state index >= 15 is 0 Å². The van der Waals surface area contributed by atoms with Gasteiger partial charge in [0.15, 0.2) is 0 Å². The smallest absolute Gasteiger partial charge is 0.236 e. The number of nitrogens with zero attached hydrogens (tertiary/aromatic N) is 2. The highest BCUT2D eigenvalue weighted by Crippen LogP contribution is 2.31. The van der Waals surface area contributed by atoms with Crippen LogP contribution in [0.15, 0.2) is 42.6 Å². The van der Waals surface area contributed by atoms with Gasteiger partial charge >= 0.3 is 0 Å². The lowest BCUT2D eigenvalue weighted by atomic mass is 10.00. The van der Waals surface area contributed by atoms with Crippen molar-refractivity contribution >= 4 is 29.0 Å². The number of thioether (sulfide) groups is 1. The number of benzene rings is 1. The summed E-state index contributed by atoms with van der Waals surface area (Å²) >= 11 is 1.60. The zero-order valence-corrected chi connectivity index (χ0v) is 13.2. The van der Waals surface area contributed by atoms with Crippen molar-refractivity contribution in [1.29, 1.82) is 0 Å². The molecular weight excluding hydrogens is 294 g/mol. The summed E-state index contributed by atoms with van der Waals surface area (Å²) in [5, 5.41) is 0. The predicted octanol–water partition coefficient (Wildman–Crippen LogP) is 2.88. The van der Waals surface area contributed by atoms with Gasteiger partial charge in [0.2, 0.25) is 5.91 Å². The number of aromatic nitrogens is 1. The molecule has 2 heterocycles. The molecule has 0 fully saturated rings. The highest BCUT2D eigenvalue weighted by Gasteiger charge is 2.23. The van der Waals surface area contributed by atoms with Crippen LogP contribution in [0, 0.1) is 0 Å². The van der Waals surface area contributed by atoms with Gasteiger partial charge in [-0.05, 0) is 42.7 Å². The first-order valence-electron chi connectivity index (χ1n) is 7.41. The van der Waals surface area contributed by atoms with Crippen LogP contribution in [0.1, 0.15) is 17.7 Å². The Morgan fingerprint density at radius 3 is 3.00 bits per heavy atom. The molecule has 0 saturated carbocycles. The molecule has 0 bridgehead atoms. The lowest BCUT2D eigenvalue weighted by molar-refractivity contribution is -0.116. The zero-order valence-electron chi connectivity index (χ0n) is 12.4. The molecule has 1 aliphatic rings. The number of carbonyl (C=O) groups excluding carboxylic acids is 1. The van der Waals surface area contributed by atoms with Gasteiger partial charge < -0.3 is 10.6 Å². The van der Waals surface area contributed by atoms with Crippen molar-refractivity contribution in [3.63, 3.8) is 0 Å². The fourth-order valence-electron chi connectivity index (χ4n) is 2.72. The van der Waals surface area contributed by atoms with Crippen LogP contribution in [0.2, 0.25) is 0 Å². The number of hydrogen-bond donors (Lipinski definition) is 1. The normalized spacial score (nSPS) is 13.7. The average molecular weight is 313 g/mol. The molecule has 0 unspecified atom stereocenters. The summed E-state index contributed by atoms with van der Waals surface area (Å²) in [7, 11) is 0. The molecule has 114 valence electrons. The van der Waals surface area contributed by atoms with E-state index in [-0.39, 0.29) is 5.91 Å². The van der Waals surface area contributed by atoms with Gasteiger partial charge in [-0.1, -0.05) is 12.1 Å². The van der Waals surface area contributed by atoms with Crippen LogP contribution in [-0.4, -0.2) is 23.2 Å². The largest absolute Gasteiger partial charge is 0.398 e. The highest BCUT2D eigenvalue weighted by molar-refractivity contribution is 7.99. The van der Waals surface area contributed by atoms with E-state index in [1.165, 1.54) is 0 Å². The molecule has 1 aromatic heterocycles. The van der Waals surface area contributed by atoms with Crippen LogP contribution < -0.4 is 10.6 Å². The van der Waals surface area contributed by atoms with Crippen molar-refractivity contribution in [3.8, 4) is 0 Å². The molecule has 1 aromatic carbocycles. The Morgan fingerprint density at radius 1 is 1.27 bits per heavy atom. The molecule has 0 atom stereocenters. The predicted molar refractivity (Wildman–Crippen MR) is 91.9 cm³/mol. The summed E-state index contributed by atoms with van der Waals surface area (Å²) in [5.74, 6) is 1.36. The molecule has 4 nitrogen and oxygen atoms in total. The number of amides is 1. The van der Waals surface area contributed by atoms with Gasteiger partial charge in [-0.15, -0.1) is 11.8 Å². The SMILES string of the molecule is Nc1cccc2c1CCCN2C(=O)CSCc1ccccn1. The van der Waals surface area contributed by atoms with E-state index in [0.717, 1.165) is 47.8 Å². The van der Waals surface area contributed by atoms with Crippen molar-refractivity contribution in [2.75, 3.05) is 22.9 Å². The fraction of sp³-hybridized carbons (Fsp3) is 0.294. The summed E-state index contributed by atoms with van der Waals surface area (Å²) in [6, 6.07) is 11.7. The standard InChI is InChI=1S/C17H19N3OS/c18-15-7-3-8-16-14(15)6-4-10-20(16)17(21)12-22-11-13-5-1-2-9-19-13/h1-3,5,7-9H,4,6,10-12,18H2. The highest BCUT2D eigenvalue weighted by atomic mass is 32.2. The number of pyridine rings is 1. The lowest BCUT2D eigenvalue weighted by Crippen LogP contribution is -2.37. The minimum Gasteiger partial charge on any atom is -0.398 e. The van der Waals surface area contributed by atoms with Crippen molar-refractivity contribution in [3.05, 3.63) is 53.9 Å². The molecule has 0 saturated heterocycles. The summed E-state index contributed by atoms with van der Waals surface area (Å²) in [5.41, 5.74) is 9.91. The summed E-state index contributed by atoms with van der Waals surface area (Å²) < 4.78 is 0. The summed E-state index contributed by atoms with van der Waals surface area (Å²) in [6.45, 7) is 0.777. The maximum atomic E-state index is 12.5. The molecule has 2 N–H and O–H groups in total. The van der Waals surface area contributed by atoms with E-state index < -0.39 is 0 Å². The molecule has 1 amide bonds. The molecule has 22 heavy (non-hydrogen) atoms. The van der Waals surface area contributed by atoms with Crippen LogP contribution >= 0.6 is 11.8 Å². The number of rotatable bonds is 4. The topological polar surface area (TPSA) is 59.2 Å². The monoisotopic (exact) mass is 313 g/mol. The maximum Gasteiger partial charge on any atom is 0.236 e. The molecule has 1 aliphatic heterocycles. The Kier molecular flexibility index (Phi) is 4.63. The van der Waals surface area contributed by atoms with Crippen LogP contribution in [0.5, 0.6) is 0 Å². The van der Waals surface area contributed by atoms with E-state index in [2.05, 4.69) is 4.98 Å². The van der Waals surface area contributed by atoms with Crippen LogP contribution in [-0.2, 0) is 17.0 Å². The third-order valence-corrected chi connectivity index (χ3v) is 4.74. The number of nitrogens with two attached hydrogens (primary N) is 1. The summed E-state index contributed by atoms with van der Waals surface area (Å²) in [6.07, 6.45) is 3.70. The Labute approximate surface area is 134 Å². The van der Waals surface area contributed by atoms with Gasteiger partial charge in [0.05, 0.1) is 11.4 Å². The maximum absolute atomic E-state index is 12.5. The van der Waals surface area contributed by atoms with Gasteiger partial charge in [0.25, 0.3) is 0 Å². The van der Waals surface area contributed by atoms with Gasteiger partial charge in [-0.3, -0.25) is 9.78 Å². The molecule has 0 radical (unpaired) electrons. The first kappa shape index (κ1) is 14.9.